The summed E-state index contributed by atoms with van der Waals surface area (Å²) in [7, 11) is 2.24. The Balaban J connectivity index is 1.84. The summed E-state index contributed by atoms with van der Waals surface area (Å²) in [5.74, 6) is 0.918. The molecule has 5 heteroatoms. The molecule has 2 aliphatic rings. The van der Waals surface area contributed by atoms with Crippen LogP contribution in [0.15, 0.2) is 12.1 Å². The van der Waals surface area contributed by atoms with E-state index in [4.69, 9.17) is 17.3 Å². The summed E-state index contributed by atoms with van der Waals surface area (Å²) in [6, 6.07) is 4.99. The molecule has 2 atom stereocenters. The van der Waals surface area contributed by atoms with E-state index in [1.807, 2.05) is 6.07 Å². The van der Waals surface area contributed by atoms with Crippen molar-refractivity contribution in [1.82, 2.24) is 9.88 Å². The number of fused-ring (bicyclic) bond motifs is 2. The molecule has 2 N–H and O–H groups in total. The zero-order valence-electron chi connectivity index (χ0n) is 10.6. The van der Waals surface area contributed by atoms with E-state index in [0.717, 1.165) is 24.9 Å². The van der Waals surface area contributed by atoms with Crippen molar-refractivity contribution in [3.63, 3.8) is 0 Å². The van der Waals surface area contributed by atoms with E-state index in [-0.39, 0.29) is 0 Å². The molecule has 1 aromatic heterocycles. The van der Waals surface area contributed by atoms with Crippen molar-refractivity contribution >= 4 is 23.1 Å². The Morgan fingerprint density at radius 2 is 2.06 bits per heavy atom. The fourth-order valence-corrected chi connectivity index (χ4v) is 3.39. The molecule has 2 aliphatic heterocycles. The zero-order valence-corrected chi connectivity index (χ0v) is 11.4. The van der Waals surface area contributed by atoms with Crippen molar-refractivity contribution in [2.75, 3.05) is 30.8 Å². The number of rotatable bonds is 1. The highest BCUT2D eigenvalue weighted by Crippen LogP contribution is 2.31. The molecule has 3 rings (SSSR count). The van der Waals surface area contributed by atoms with E-state index in [1.165, 1.54) is 19.3 Å². The fraction of sp³-hybridized carbons (Fsp3) is 0.615. The molecule has 98 valence electrons. The Kier molecular flexibility index (Phi) is 3.08. The summed E-state index contributed by atoms with van der Waals surface area (Å²) in [4.78, 5) is 9.24. The number of nitrogens with two attached hydrogens (primary N) is 1. The van der Waals surface area contributed by atoms with Gasteiger partial charge < -0.3 is 10.6 Å². The molecular weight excluding hydrogens is 248 g/mol. The topological polar surface area (TPSA) is 45.4 Å². The number of hydrogen-bond donors (Lipinski definition) is 1. The maximum absolute atomic E-state index is 5.99. The van der Waals surface area contributed by atoms with Gasteiger partial charge in [-0.25, -0.2) is 4.98 Å². The van der Waals surface area contributed by atoms with Gasteiger partial charge in [0.25, 0.3) is 0 Å². The number of likely N-dealkylation sites (N-methyl/N-ethyl adjacent to an activating group) is 1. The summed E-state index contributed by atoms with van der Waals surface area (Å²) >= 11 is 5.99. The molecule has 18 heavy (non-hydrogen) atoms. The minimum atomic E-state index is 0.479. The van der Waals surface area contributed by atoms with Gasteiger partial charge in [0.2, 0.25) is 0 Å². The highest BCUT2D eigenvalue weighted by Gasteiger charge is 2.34. The van der Waals surface area contributed by atoms with Crippen LogP contribution in [-0.4, -0.2) is 42.1 Å². The lowest BCUT2D eigenvalue weighted by atomic mass is 10.1. The summed E-state index contributed by atoms with van der Waals surface area (Å²) in [6.45, 7) is 2.07. The van der Waals surface area contributed by atoms with Gasteiger partial charge >= 0.3 is 0 Å². The van der Waals surface area contributed by atoms with Crippen LogP contribution in [0.25, 0.3) is 0 Å². The van der Waals surface area contributed by atoms with Crippen molar-refractivity contribution < 1.29 is 0 Å². The van der Waals surface area contributed by atoms with Gasteiger partial charge in [0.15, 0.2) is 0 Å². The lowest BCUT2D eigenvalue weighted by molar-refractivity contribution is 0.254. The van der Waals surface area contributed by atoms with Crippen LogP contribution in [0.2, 0.25) is 5.15 Å². The number of anilines is 2. The van der Waals surface area contributed by atoms with E-state index in [1.54, 1.807) is 6.07 Å². The number of aromatic nitrogens is 1. The molecule has 2 saturated heterocycles. The third kappa shape index (κ3) is 2.15. The molecule has 2 fully saturated rings. The van der Waals surface area contributed by atoms with Crippen LogP contribution in [0.3, 0.4) is 0 Å². The standard InChI is InChI=1S/C13H19ClN4/c1-17-10-2-3-11(17)8-18(5-4-10)13-7-9(15)6-12(14)16-13/h6-7,10-11H,2-5,8H2,1H3,(H2,15,16). The summed E-state index contributed by atoms with van der Waals surface area (Å²) in [6.07, 6.45) is 3.81. The lowest BCUT2D eigenvalue weighted by Crippen LogP contribution is -2.37. The second kappa shape index (κ2) is 4.59. The van der Waals surface area contributed by atoms with Crippen molar-refractivity contribution in [3.8, 4) is 0 Å². The van der Waals surface area contributed by atoms with Gasteiger partial charge in [-0.05, 0) is 32.4 Å². The summed E-state index contributed by atoms with van der Waals surface area (Å²) in [5.41, 5.74) is 6.53. The van der Waals surface area contributed by atoms with Gasteiger partial charge in [-0.1, -0.05) is 11.6 Å². The second-order valence-electron chi connectivity index (χ2n) is 5.37. The van der Waals surface area contributed by atoms with E-state index < -0.39 is 0 Å². The predicted molar refractivity (Wildman–Crippen MR) is 75.1 cm³/mol. The Morgan fingerprint density at radius 3 is 2.83 bits per heavy atom. The molecule has 0 spiro atoms. The van der Waals surface area contributed by atoms with E-state index in [9.17, 15) is 0 Å². The van der Waals surface area contributed by atoms with Gasteiger partial charge in [0.05, 0.1) is 0 Å². The maximum atomic E-state index is 5.99. The van der Waals surface area contributed by atoms with E-state index in [0.29, 0.717) is 16.9 Å². The van der Waals surface area contributed by atoms with E-state index >= 15 is 0 Å². The van der Waals surface area contributed by atoms with Crippen LogP contribution < -0.4 is 10.6 Å². The van der Waals surface area contributed by atoms with Crippen molar-refractivity contribution in [2.24, 2.45) is 0 Å². The van der Waals surface area contributed by atoms with Crippen molar-refractivity contribution in [2.45, 2.75) is 31.3 Å². The number of nitrogens with zero attached hydrogens (tertiary/aromatic N) is 3. The third-order valence-corrected chi connectivity index (χ3v) is 4.47. The van der Waals surface area contributed by atoms with Gasteiger partial charge in [0.1, 0.15) is 11.0 Å². The van der Waals surface area contributed by atoms with Gasteiger partial charge in [-0.3, -0.25) is 4.90 Å². The quantitative estimate of drug-likeness (QED) is 0.790. The molecule has 0 radical (unpaired) electrons. The highest BCUT2D eigenvalue weighted by molar-refractivity contribution is 6.29. The Bertz CT molecular complexity index is 430. The minimum absolute atomic E-state index is 0.479. The lowest BCUT2D eigenvalue weighted by Gasteiger charge is -2.26. The summed E-state index contributed by atoms with van der Waals surface area (Å²) < 4.78 is 0. The molecule has 4 nitrogen and oxygen atoms in total. The van der Waals surface area contributed by atoms with E-state index in [2.05, 4.69) is 21.8 Å². The molecule has 0 saturated carbocycles. The molecule has 2 unspecified atom stereocenters. The summed E-state index contributed by atoms with van der Waals surface area (Å²) in [5, 5.41) is 0.479. The third-order valence-electron chi connectivity index (χ3n) is 4.28. The Morgan fingerprint density at radius 1 is 1.28 bits per heavy atom. The zero-order chi connectivity index (χ0) is 12.7. The number of nitrogen functional groups attached to an aromatic ring is 1. The van der Waals surface area contributed by atoms with Crippen molar-refractivity contribution in [3.05, 3.63) is 17.3 Å². The Labute approximate surface area is 113 Å². The molecule has 0 amide bonds. The molecule has 2 bridgehead atoms. The van der Waals surface area contributed by atoms with Crippen LogP contribution in [0.5, 0.6) is 0 Å². The van der Waals surface area contributed by atoms with Crippen LogP contribution >= 0.6 is 11.6 Å². The first-order chi connectivity index (χ1) is 8.63. The average Bonchev–Trinajstić information content (AvgIpc) is 2.51. The molecular formula is C13H19ClN4. The minimum Gasteiger partial charge on any atom is -0.399 e. The first kappa shape index (κ1) is 12.1. The normalized spacial score (nSPS) is 28.4. The largest absolute Gasteiger partial charge is 0.399 e. The average molecular weight is 267 g/mol. The van der Waals surface area contributed by atoms with Gasteiger partial charge in [0, 0.05) is 36.9 Å². The van der Waals surface area contributed by atoms with Crippen LogP contribution in [0, 0.1) is 0 Å². The molecule has 3 heterocycles. The second-order valence-corrected chi connectivity index (χ2v) is 5.75. The van der Waals surface area contributed by atoms with Crippen LogP contribution in [-0.2, 0) is 0 Å². The Hall–Kier alpha value is -1.00. The smallest absolute Gasteiger partial charge is 0.133 e. The van der Waals surface area contributed by atoms with Crippen LogP contribution in [0.1, 0.15) is 19.3 Å². The first-order valence-electron chi connectivity index (χ1n) is 6.53. The number of halogens is 1. The van der Waals surface area contributed by atoms with Crippen molar-refractivity contribution in [1.29, 1.82) is 0 Å². The monoisotopic (exact) mass is 266 g/mol. The maximum Gasteiger partial charge on any atom is 0.133 e. The van der Waals surface area contributed by atoms with Gasteiger partial charge in [-0.15, -0.1) is 0 Å². The van der Waals surface area contributed by atoms with Crippen LogP contribution in [0.4, 0.5) is 11.5 Å². The SMILES string of the molecule is CN1C2CCC1CN(c1cc(N)cc(Cl)n1)CC2. The highest BCUT2D eigenvalue weighted by atomic mass is 35.5. The molecule has 0 aliphatic carbocycles. The predicted octanol–water partition coefficient (Wildman–Crippen LogP) is 1.99. The molecule has 1 aromatic rings. The first-order valence-corrected chi connectivity index (χ1v) is 6.91. The molecule has 0 aromatic carbocycles. The van der Waals surface area contributed by atoms with Gasteiger partial charge in [-0.2, -0.15) is 0 Å². The number of pyridine rings is 1. The number of hydrogen-bond acceptors (Lipinski definition) is 4. The fourth-order valence-electron chi connectivity index (χ4n) is 3.18.